The van der Waals surface area contributed by atoms with Crippen molar-refractivity contribution in [2.24, 2.45) is 0 Å². The quantitative estimate of drug-likeness (QED) is 0.677. The fourth-order valence-electron chi connectivity index (χ4n) is 1.95. The molecular formula is C13H13F3N4O2. The predicted molar refractivity (Wildman–Crippen MR) is 73.4 cm³/mol. The Kier molecular flexibility index (Phi) is 4.34. The van der Waals surface area contributed by atoms with E-state index in [-0.39, 0.29) is 11.7 Å². The van der Waals surface area contributed by atoms with Gasteiger partial charge in [-0.15, -0.1) is 0 Å². The second-order valence-corrected chi connectivity index (χ2v) is 4.76. The van der Waals surface area contributed by atoms with Crippen molar-refractivity contribution in [2.75, 3.05) is 5.32 Å². The summed E-state index contributed by atoms with van der Waals surface area (Å²) in [5, 5.41) is 17.3. The van der Waals surface area contributed by atoms with E-state index in [0.29, 0.717) is 11.3 Å². The summed E-state index contributed by atoms with van der Waals surface area (Å²) in [5.41, 5.74) is 1.01. The van der Waals surface area contributed by atoms with Crippen molar-refractivity contribution in [3.8, 4) is 0 Å². The van der Waals surface area contributed by atoms with Crippen LogP contribution in [-0.2, 0) is 6.54 Å². The van der Waals surface area contributed by atoms with Crippen LogP contribution in [0.4, 0.5) is 24.5 Å². The maximum atomic E-state index is 12.3. The summed E-state index contributed by atoms with van der Waals surface area (Å²) >= 11 is 0. The molecule has 0 bridgehead atoms. The molecule has 1 atom stereocenters. The number of hydrogen-bond acceptors (Lipinski definition) is 4. The Hall–Kier alpha value is -2.58. The van der Waals surface area contributed by atoms with Gasteiger partial charge in [-0.3, -0.25) is 14.8 Å². The van der Waals surface area contributed by atoms with E-state index >= 15 is 0 Å². The molecule has 0 spiro atoms. The lowest BCUT2D eigenvalue weighted by molar-refractivity contribution is -0.384. The third kappa shape index (κ3) is 4.21. The predicted octanol–water partition coefficient (Wildman–Crippen LogP) is 3.53. The van der Waals surface area contributed by atoms with Crippen molar-refractivity contribution in [1.82, 2.24) is 9.78 Å². The van der Waals surface area contributed by atoms with Gasteiger partial charge in [0.05, 0.1) is 16.8 Å². The number of benzene rings is 1. The first-order valence-corrected chi connectivity index (χ1v) is 6.35. The molecular weight excluding hydrogens is 301 g/mol. The largest absolute Gasteiger partial charge is 0.408 e. The Bertz CT molecular complexity index is 669. The first-order chi connectivity index (χ1) is 10.2. The van der Waals surface area contributed by atoms with Gasteiger partial charge in [0.15, 0.2) is 0 Å². The van der Waals surface area contributed by atoms with Gasteiger partial charge in [-0.2, -0.15) is 18.3 Å². The van der Waals surface area contributed by atoms with E-state index in [9.17, 15) is 23.3 Å². The number of nitrogens with one attached hydrogen (secondary N) is 1. The number of hydrogen-bond donors (Lipinski definition) is 1. The molecule has 6 nitrogen and oxygen atoms in total. The maximum absolute atomic E-state index is 12.3. The van der Waals surface area contributed by atoms with Crippen LogP contribution >= 0.6 is 0 Å². The fraction of sp³-hybridized carbons (Fsp3) is 0.308. The number of halogens is 3. The van der Waals surface area contributed by atoms with Gasteiger partial charge in [-0.05, 0) is 12.5 Å². The molecule has 0 saturated heterocycles. The normalized spacial score (nSPS) is 12.9. The standard InChI is InChI=1S/C13H13F3N4O2/c1-9(10-3-2-4-12(5-10)20(21)22)18-11-6-17-19(7-11)8-13(14,15)16/h2-7,9,18H,8H2,1H3/t9-/m0/s1. The summed E-state index contributed by atoms with van der Waals surface area (Å²) in [4.78, 5) is 10.2. The number of rotatable bonds is 5. The number of nitro groups is 1. The van der Waals surface area contributed by atoms with Crippen molar-refractivity contribution in [3.63, 3.8) is 0 Å². The summed E-state index contributed by atoms with van der Waals surface area (Å²) in [7, 11) is 0. The molecule has 9 heteroatoms. The zero-order chi connectivity index (χ0) is 16.3. The average molecular weight is 314 g/mol. The Morgan fingerprint density at radius 3 is 2.82 bits per heavy atom. The van der Waals surface area contributed by atoms with Gasteiger partial charge in [-0.25, -0.2) is 0 Å². The highest BCUT2D eigenvalue weighted by Gasteiger charge is 2.28. The van der Waals surface area contributed by atoms with Gasteiger partial charge in [0.25, 0.3) is 5.69 Å². The SMILES string of the molecule is C[C@H](Nc1cnn(CC(F)(F)F)c1)c1cccc([N+](=O)[O-])c1. The van der Waals surface area contributed by atoms with Crippen molar-refractivity contribution in [3.05, 3.63) is 52.3 Å². The van der Waals surface area contributed by atoms with Crippen molar-refractivity contribution >= 4 is 11.4 Å². The molecule has 0 unspecified atom stereocenters. The van der Waals surface area contributed by atoms with E-state index in [4.69, 9.17) is 0 Å². The van der Waals surface area contributed by atoms with Crippen molar-refractivity contribution < 1.29 is 18.1 Å². The molecule has 0 saturated carbocycles. The smallest absolute Gasteiger partial charge is 0.376 e. The molecule has 22 heavy (non-hydrogen) atoms. The first-order valence-electron chi connectivity index (χ1n) is 6.35. The summed E-state index contributed by atoms with van der Waals surface area (Å²) in [5.74, 6) is 0. The topological polar surface area (TPSA) is 73.0 Å². The summed E-state index contributed by atoms with van der Waals surface area (Å²) in [6, 6.07) is 5.72. The monoisotopic (exact) mass is 314 g/mol. The molecule has 1 aromatic heterocycles. The van der Waals surface area contributed by atoms with E-state index in [1.165, 1.54) is 24.5 Å². The number of anilines is 1. The molecule has 0 fully saturated rings. The van der Waals surface area contributed by atoms with Gasteiger partial charge < -0.3 is 5.32 Å². The molecule has 0 amide bonds. The van der Waals surface area contributed by atoms with E-state index < -0.39 is 17.6 Å². The van der Waals surface area contributed by atoms with Gasteiger partial charge in [-0.1, -0.05) is 12.1 Å². The Labute approximate surface area is 123 Å². The number of aromatic nitrogens is 2. The third-order valence-corrected chi connectivity index (χ3v) is 2.94. The summed E-state index contributed by atoms with van der Waals surface area (Å²) in [6.45, 7) is 0.583. The minimum atomic E-state index is -4.34. The lowest BCUT2D eigenvalue weighted by atomic mass is 10.1. The highest BCUT2D eigenvalue weighted by atomic mass is 19.4. The van der Waals surface area contributed by atoms with Gasteiger partial charge in [0, 0.05) is 24.4 Å². The van der Waals surface area contributed by atoms with Crippen LogP contribution in [0.1, 0.15) is 18.5 Å². The second-order valence-electron chi connectivity index (χ2n) is 4.76. The zero-order valence-electron chi connectivity index (χ0n) is 11.5. The van der Waals surface area contributed by atoms with E-state index in [0.717, 1.165) is 4.68 Å². The van der Waals surface area contributed by atoms with E-state index in [2.05, 4.69) is 10.4 Å². The van der Waals surface area contributed by atoms with Crippen LogP contribution in [0, 0.1) is 10.1 Å². The number of nitro benzene ring substituents is 1. The Balaban J connectivity index is 2.07. The van der Waals surface area contributed by atoms with Crippen LogP contribution < -0.4 is 5.32 Å². The molecule has 1 heterocycles. The van der Waals surface area contributed by atoms with Crippen molar-refractivity contribution in [2.45, 2.75) is 25.7 Å². The molecule has 1 aromatic carbocycles. The van der Waals surface area contributed by atoms with Crippen molar-refractivity contribution in [1.29, 1.82) is 0 Å². The van der Waals surface area contributed by atoms with Crippen LogP contribution in [0.3, 0.4) is 0 Å². The lowest BCUT2D eigenvalue weighted by Gasteiger charge is -2.13. The van der Waals surface area contributed by atoms with E-state index in [1.807, 2.05) is 0 Å². The highest BCUT2D eigenvalue weighted by Crippen LogP contribution is 2.23. The third-order valence-electron chi connectivity index (χ3n) is 2.94. The number of non-ortho nitro benzene ring substituents is 1. The molecule has 1 N–H and O–H groups in total. The lowest BCUT2D eigenvalue weighted by Crippen LogP contribution is -2.17. The second kappa shape index (κ2) is 6.04. The molecule has 0 aliphatic carbocycles. The number of nitrogens with zero attached hydrogens (tertiary/aromatic N) is 3. The first kappa shape index (κ1) is 15.8. The molecule has 0 aliphatic rings. The van der Waals surface area contributed by atoms with Crippen LogP contribution in [0.2, 0.25) is 0 Å². The minimum Gasteiger partial charge on any atom is -0.376 e. The summed E-state index contributed by atoms with van der Waals surface area (Å²) < 4.78 is 37.5. The molecule has 118 valence electrons. The molecule has 2 rings (SSSR count). The fourth-order valence-corrected chi connectivity index (χ4v) is 1.95. The Morgan fingerprint density at radius 1 is 1.45 bits per heavy atom. The molecule has 2 aromatic rings. The minimum absolute atomic E-state index is 0.0427. The van der Waals surface area contributed by atoms with Crippen LogP contribution in [0.15, 0.2) is 36.7 Å². The van der Waals surface area contributed by atoms with Crippen LogP contribution in [-0.4, -0.2) is 20.9 Å². The Morgan fingerprint density at radius 2 is 2.18 bits per heavy atom. The molecule has 0 radical (unpaired) electrons. The number of alkyl halides is 3. The van der Waals surface area contributed by atoms with Gasteiger partial charge in [0.2, 0.25) is 0 Å². The molecule has 0 aliphatic heterocycles. The van der Waals surface area contributed by atoms with Gasteiger partial charge in [0.1, 0.15) is 6.54 Å². The van der Waals surface area contributed by atoms with E-state index in [1.54, 1.807) is 19.1 Å². The van der Waals surface area contributed by atoms with Gasteiger partial charge >= 0.3 is 6.18 Å². The average Bonchev–Trinajstić information content (AvgIpc) is 2.83. The van der Waals surface area contributed by atoms with Crippen LogP contribution in [0.5, 0.6) is 0 Å². The van der Waals surface area contributed by atoms with Crippen LogP contribution in [0.25, 0.3) is 0 Å². The maximum Gasteiger partial charge on any atom is 0.408 e. The zero-order valence-corrected chi connectivity index (χ0v) is 11.5. The summed E-state index contributed by atoms with van der Waals surface area (Å²) in [6.07, 6.45) is -1.82. The highest BCUT2D eigenvalue weighted by molar-refractivity contribution is 5.43.